The van der Waals surface area contributed by atoms with Gasteiger partial charge < -0.3 is 10.3 Å². The molecule has 0 aliphatic carbocycles. The molecule has 0 unspecified atom stereocenters. The molecule has 142 valence electrons. The average Bonchev–Trinajstić information content (AvgIpc) is 3.19. The van der Waals surface area contributed by atoms with E-state index in [4.69, 9.17) is 0 Å². The Morgan fingerprint density at radius 2 is 1.17 bits per heavy atom. The van der Waals surface area contributed by atoms with Gasteiger partial charge in [0.05, 0.1) is 5.52 Å². The van der Waals surface area contributed by atoms with Gasteiger partial charge in [-0.25, -0.2) is 0 Å². The summed E-state index contributed by atoms with van der Waals surface area (Å²) < 4.78 is 0. The van der Waals surface area contributed by atoms with E-state index in [1.165, 1.54) is 43.7 Å². The largest absolute Gasteiger partial charge is 0.355 e. The van der Waals surface area contributed by atoms with Gasteiger partial charge in [0.25, 0.3) is 0 Å². The number of nitrogens with one attached hydrogen (secondary N) is 2. The third-order valence-corrected chi connectivity index (χ3v) is 5.81. The number of para-hydroxylation sites is 3. The lowest BCUT2D eigenvalue weighted by Gasteiger charge is -2.14. The molecule has 0 fully saturated rings. The number of H-pyrrole nitrogens is 1. The molecule has 6 rings (SSSR count). The molecule has 1 aromatic heterocycles. The number of aromatic nitrogens is 1. The van der Waals surface area contributed by atoms with Crippen molar-refractivity contribution in [3.05, 3.63) is 109 Å². The molecule has 0 bridgehead atoms. The van der Waals surface area contributed by atoms with Crippen LogP contribution >= 0.6 is 0 Å². The molecule has 2 N–H and O–H groups in total. The highest BCUT2D eigenvalue weighted by atomic mass is 14.9. The van der Waals surface area contributed by atoms with Gasteiger partial charge >= 0.3 is 0 Å². The highest BCUT2D eigenvalue weighted by molar-refractivity contribution is 6.15. The first kappa shape index (κ1) is 16.9. The van der Waals surface area contributed by atoms with Crippen LogP contribution in [0.5, 0.6) is 0 Å². The van der Waals surface area contributed by atoms with Crippen LogP contribution in [-0.2, 0) is 0 Å². The van der Waals surface area contributed by atoms with Gasteiger partial charge in [0, 0.05) is 38.6 Å². The number of anilines is 2. The molecule has 2 heteroatoms. The van der Waals surface area contributed by atoms with Gasteiger partial charge in [0.2, 0.25) is 0 Å². The zero-order valence-electron chi connectivity index (χ0n) is 16.4. The van der Waals surface area contributed by atoms with E-state index >= 15 is 0 Å². The summed E-state index contributed by atoms with van der Waals surface area (Å²) in [5.74, 6) is 0. The second kappa shape index (κ2) is 6.78. The van der Waals surface area contributed by atoms with Gasteiger partial charge in [0.1, 0.15) is 0 Å². The number of hydrogen-bond acceptors (Lipinski definition) is 1. The van der Waals surface area contributed by atoms with E-state index in [0.29, 0.717) is 0 Å². The van der Waals surface area contributed by atoms with Crippen LogP contribution in [0.25, 0.3) is 43.7 Å². The SMILES string of the molecule is c1ccc(Nc2ccc(-c3cccc4c3[nH]c3ccccc34)c3ccccc23)cc1. The molecule has 0 amide bonds. The maximum atomic E-state index is 3.65. The van der Waals surface area contributed by atoms with E-state index in [2.05, 4.69) is 113 Å². The Bertz CT molecular complexity index is 1510. The molecular formula is C28H20N2. The molecule has 0 aliphatic rings. The minimum absolute atomic E-state index is 1.09. The van der Waals surface area contributed by atoms with Gasteiger partial charge in [-0.05, 0) is 35.2 Å². The molecule has 5 aromatic carbocycles. The summed E-state index contributed by atoms with van der Waals surface area (Å²) >= 11 is 0. The maximum Gasteiger partial charge on any atom is 0.0544 e. The van der Waals surface area contributed by atoms with E-state index in [0.717, 1.165) is 11.4 Å². The van der Waals surface area contributed by atoms with Gasteiger partial charge in [-0.2, -0.15) is 0 Å². The molecule has 30 heavy (non-hydrogen) atoms. The number of aromatic amines is 1. The summed E-state index contributed by atoms with van der Waals surface area (Å²) in [6, 6.07) is 38.4. The van der Waals surface area contributed by atoms with E-state index in [9.17, 15) is 0 Å². The van der Waals surface area contributed by atoms with E-state index < -0.39 is 0 Å². The second-order valence-electron chi connectivity index (χ2n) is 7.60. The Morgan fingerprint density at radius 1 is 0.467 bits per heavy atom. The van der Waals surface area contributed by atoms with Gasteiger partial charge in [-0.15, -0.1) is 0 Å². The van der Waals surface area contributed by atoms with Crippen LogP contribution in [0.15, 0.2) is 109 Å². The fraction of sp³-hybridized carbons (Fsp3) is 0. The molecule has 0 saturated carbocycles. The van der Waals surface area contributed by atoms with Crippen LogP contribution in [0.4, 0.5) is 11.4 Å². The van der Waals surface area contributed by atoms with Gasteiger partial charge in [-0.3, -0.25) is 0 Å². The molecule has 2 nitrogen and oxygen atoms in total. The fourth-order valence-corrected chi connectivity index (χ4v) is 4.42. The van der Waals surface area contributed by atoms with Crippen LogP contribution in [0.2, 0.25) is 0 Å². The molecule has 6 aromatic rings. The summed E-state index contributed by atoms with van der Waals surface area (Å²) in [5.41, 5.74) is 7.03. The summed E-state index contributed by atoms with van der Waals surface area (Å²) in [6.45, 7) is 0. The van der Waals surface area contributed by atoms with Gasteiger partial charge in [0.15, 0.2) is 0 Å². The van der Waals surface area contributed by atoms with Crippen LogP contribution in [0.1, 0.15) is 0 Å². The lowest BCUT2D eigenvalue weighted by atomic mass is 9.95. The number of fused-ring (bicyclic) bond motifs is 4. The van der Waals surface area contributed by atoms with E-state index in [1.807, 2.05) is 6.07 Å². The normalized spacial score (nSPS) is 11.3. The van der Waals surface area contributed by atoms with E-state index in [1.54, 1.807) is 0 Å². The number of rotatable bonds is 3. The third-order valence-electron chi connectivity index (χ3n) is 5.81. The van der Waals surface area contributed by atoms with Crippen molar-refractivity contribution in [1.29, 1.82) is 0 Å². The molecule has 0 aliphatic heterocycles. The first-order chi connectivity index (χ1) is 14.9. The zero-order chi connectivity index (χ0) is 19.9. The highest BCUT2D eigenvalue weighted by Crippen LogP contribution is 2.39. The minimum atomic E-state index is 1.09. The standard InChI is InChI=1S/C28H20N2/c1-2-9-19(10-3-1)29-27-18-17-21(20-11-4-5-12-22(20)27)24-14-8-15-25-23-13-6-7-16-26(23)30-28(24)25/h1-18,29-30H. The smallest absolute Gasteiger partial charge is 0.0544 e. The fourth-order valence-electron chi connectivity index (χ4n) is 4.42. The van der Waals surface area contributed by atoms with Crippen molar-refractivity contribution >= 4 is 44.0 Å². The van der Waals surface area contributed by atoms with Crippen molar-refractivity contribution in [2.45, 2.75) is 0 Å². The Hall–Kier alpha value is -4.04. The summed E-state index contributed by atoms with van der Waals surface area (Å²) in [7, 11) is 0. The van der Waals surface area contributed by atoms with Crippen molar-refractivity contribution < 1.29 is 0 Å². The van der Waals surface area contributed by atoms with Crippen LogP contribution in [0.3, 0.4) is 0 Å². The monoisotopic (exact) mass is 384 g/mol. The summed E-state index contributed by atoms with van der Waals surface area (Å²) in [4.78, 5) is 3.65. The van der Waals surface area contributed by atoms with Crippen molar-refractivity contribution in [2.24, 2.45) is 0 Å². The zero-order valence-corrected chi connectivity index (χ0v) is 16.4. The minimum Gasteiger partial charge on any atom is -0.355 e. The second-order valence-corrected chi connectivity index (χ2v) is 7.60. The van der Waals surface area contributed by atoms with E-state index in [-0.39, 0.29) is 0 Å². The molecule has 0 atom stereocenters. The molecular weight excluding hydrogens is 364 g/mol. The van der Waals surface area contributed by atoms with Crippen molar-refractivity contribution in [1.82, 2.24) is 4.98 Å². The third kappa shape index (κ3) is 2.66. The summed E-state index contributed by atoms with van der Waals surface area (Å²) in [6.07, 6.45) is 0. The Balaban J connectivity index is 1.58. The quantitative estimate of drug-likeness (QED) is 0.319. The van der Waals surface area contributed by atoms with Crippen LogP contribution in [-0.4, -0.2) is 4.98 Å². The number of benzene rings is 5. The van der Waals surface area contributed by atoms with Crippen molar-refractivity contribution in [3.63, 3.8) is 0 Å². The van der Waals surface area contributed by atoms with Crippen molar-refractivity contribution in [2.75, 3.05) is 5.32 Å². The topological polar surface area (TPSA) is 27.8 Å². The van der Waals surface area contributed by atoms with Crippen molar-refractivity contribution in [3.8, 4) is 11.1 Å². The predicted octanol–water partition coefficient (Wildman–Crippen LogP) is 7.88. The first-order valence-electron chi connectivity index (χ1n) is 10.2. The predicted molar refractivity (Wildman–Crippen MR) is 128 cm³/mol. The van der Waals surface area contributed by atoms with Crippen LogP contribution in [0, 0.1) is 0 Å². The Kier molecular flexibility index (Phi) is 3.82. The molecule has 0 radical (unpaired) electrons. The lowest BCUT2D eigenvalue weighted by molar-refractivity contribution is 1.54. The summed E-state index contributed by atoms with van der Waals surface area (Å²) in [5, 5.41) is 8.56. The molecule has 1 heterocycles. The Labute approximate surface area is 174 Å². The number of hydrogen-bond donors (Lipinski definition) is 2. The highest BCUT2D eigenvalue weighted by Gasteiger charge is 2.13. The van der Waals surface area contributed by atoms with Crippen LogP contribution < -0.4 is 5.32 Å². The maximum absolute atomic E-state index is 3.65. The molecule has 0 spiro atoms. The average molecular weight is 384 g/mol. The van der Waals surface area contributed by atoms with Gasteiger partial charge in [-0.1, -0.05) is 84.9 Å². The lowest BCUT2D eigenvalue weighted by Crippen LogP contribution is -1.92. The molecule has 0 saturated heterocycles. The Morgan fingerprint density at radius 3 is 2.03 bits per heavy atom. The first-order valence-corrected chi connectivity index (χ1v) is 10.2.